The average molecular weight is 627 g/mol. The van der Waals surface area contributed by atoms with E-state index < -0.39 is 17.2 Å². The van der Waals surface area contributed by atoms with Gasteiger partial charge in [-0.05, 0) is 105 Å². The third-order valence-corrected chi connectivity index (χ3v) is 9.81. The van der Waals surface area contributed by atoms with E-state index >= 15 is 0 Å². The standard InChI is InChI=1S/C39H42N6O2/c1-38(2,3)47-37(46)45-39(19-5-4-6-20-39)36-42-30-17-14-27(23-33(30)43-36)25-11-9-24(10-12-25)26-13-16-29-28(22-26)15-18-31-34(29)44-35(41-31)32-8-7-21-40-32/h9-18,22-23,32,40H,4-8,19-21H2,1-3H3,(H,41,44)(H,42,43)(H,45,46)/t32-/m0/s1. The summed E-state index contributed by atoms with van der Waals surface area (Å²) >= 11 is 0. The topological polar surface area (TPSA) is 108 Å². The highest BCUT2D eigenvalue weighted by Gasteiger charge is 2.39. The Balaban J connectivity index is 1.05. The van der Waals surface area contributed by atoms with Gasteiger partial charge in [0.1, 0.15) is 22.8 Å². The predicted molar refractivity (Wildman–Crippen MR) is 188 cm³/mol. The van der Waals surface area contributed by atoms with E-state index in [1.807, 2.05) is 20.8 Å². The van der Waals surface area contributed by atoms with Crippen LogP contribution in [0.5, 0.6) is 0 Å². The molecular weight excluding hydrogens is 584 g/mol. The molecule has 2 fully saturated rings. The Morgan fingerprint density at radius 1 is 0.809 bits per heavy atom. The van der Waals surface area contributed by atoms with Crippen molar-refractivity contribution in [3.8, 4) is 22.3 Å². The van der Waals surface area contributed by atoms with Crippen LogP contribution in [0.1, 0.15) is 83.4 Å². The fourth-order valence-electron chi connectivity index (χ4n) is 7.43. The van der Waals surface area contributed by atoms with Gasteiger partial charge in [0.05, 0.1) is 28.1 Å². The Kier molecular flexibility index (Phi) is 7.28. The third-order valence-electron chi connectivity index (χ3n) is 9.81. The van der Waals surface area contributed by atoms with Crippen molar-refractivity contribution in [2.45, 2.75) is 82.9 Å². The van der Waals surface area contributed by atoms with Crippen molar-refractivity contribution in [2.24, 2.45) is 0 Å². The maximum atomic E-state index is 12.9. The number of aromatic amines is 2. The molecule has 1 amide bonds. The Hall–Kier alpha value is -4.69. The van der Waals surface area contributed by atoms with Crippen LogP contribution in [0, 0.1) is 0 Å². The SMILES string of the molecule is CC(C)(C)OC(=O)NC1(c2nc3ccc(-c4ccc(-c5ccc6c(ccc7[nH]c([C@@H]8CCCN8)nc76)c5)cc4)cc3[nH]2)CCCCC1. The highest BCUT2D eigenvalue weighted by Crippen LogP contribution is 2.38. The van der Waals surface area contributed by atoms with E-state index in [1.54, 1.807) is 0 Å². The molecule has 1 saturated carbocycles. The van der Waals surface area contributed by atoms with Gasteiger partial charge in [-0.2, -0.15) is 0 Å². The van der Waals surface area contributed by atoms with Crippen molar-refractivity contribution in [3.05, 3.63) is 84.4 Å². The van der Waals surface area contributed by atoms with Gasteiger partial charge in [0.15, 0.2) is 0 Å². The average Bonchev–Trinajstić information content (AvgIpc) is 3.84. The number of nitrogens with zero attached hydrogens (tertiary/aromatic N) is 2. The van der Waals surface area contributed by atoms with Gasteiger partial charge in [0.2, 0.25) is 0 Å². The maximum Gasteiger partial charge on any atom is 0.408 e. The van der Waals surface area contributed by atoms with Crippen molar-refractivity contribution in [1.29, 1.82) is 0 Å². The van der Waals surface area contributed by atoms with E-state index in [-0.39, 0.29) is 0 Å². The van der Waals surface area contributed by atoms with Crippen LogP contribution < -0.4 is 10.6 Å². The van der Waals surface area contributed by atoms with E-state index in [1.165, 1.54) is 28.3 Å². The summed E-state index contributed by atoms with van der Waals surface area (Å²) in [6, 6.07) is 26.4. The van der Waals surface area contributed by atoms with Crippen LogP contribution in [-0.4, -0.2) is 38.2 Å². The minimum atomic E-state index is -0.559. The van der Waals surface area contributed by atoms with Gasteiger partial charge >= 0.3 is 6.09 Å². The van der Waals surface area contributed by atoms with Gasteiger partial charge in [-0.15, -0.1) is 0 Å². The van der Waals surface area contributed by atoms with Gasteiger partial charge in [-0.3, -0.25) is 0 Å². The number of nitrogens with one attached hydrogen (secondary N) is 4. The fourth-order valence-corrected chi connectivity index (χ4v) is 7.43. The first kappa shape index (κ1) is 29.7. The second-order valence-electron chi connectivity index (χ2n) is 14.3. The summed E-state index contributed by atoms with van der Waals surface area (Å²) in [6.45, 7) is 6.72. The van der Waals surface area contributed by atoms with Crippen LogP contribution in [-0.2, 0) is 10.3 Å². The molecule has 4 N–H and O–H groups in total. The number of H-pyrrole nitrogens is 2. The van der Waals surface area contributed by atoms with E-state index in [0.29, 0.717) is 6.04 Å². The number of carbonyl (C=O) groups is 1. The molecule has 1 aliphatic carbocycles. The van der Waals surface area contributed by atoms with Crippen molar-refractivity contribution in [3.63, 3.8) is 0 Å². The summed E-state index contributed by atoms with van der Waals surface area (Å²) in [5, 5.41) is 9.11. The number of imidazole rings is 2. The van der Waals surface area contributed by atoms with E-state index in [4.69, 9.17) is 14.7 Å². The lowest BCUT2D eigenvalue weighted by Gasteiger charge is -2.36. The van der Waals surface area contributed by atoms with Crippen LogP contribution in [0.2, 0.25) is 0 Å². The molecule has 8 rings (SSSR count). The summed E-state index contributed by atoms with van der Waals surface area (Å²) in [4.78, 5) is 30.0. The summed E-state index contributed by atoms with van der Waals surface area (Å²) in [5.41, 5.74) is 7.48. The zero-order valence-corrected chi connectivity index (χ0v) is 27.4. The molecule has 8 heteroatoms. The quantitative estimate of drug-likeness (QED) is 0.153. The van der Waals surface area contributed by atoms with Gasteiger partial charge < -0.3 is 25.3 Å². The Labute approximate surface area is 274 Å². The molecule has 0 radical (unpaired) electrons. The Morgan fingerprint density at radius 2 is 1.53 bits per heavy atom. The zero-order valence-electron chi connectivity index (χ0n) is 27.4. The molecule has 3 heterocycles. The molecule has 240 valence electrons. The molecule has 0 spiro atoms. The number of carbonyl (C=O) groups excluding carboxylic acids is 1. The number of fused-ring (bicyclic) bond motifs is 4. The van der Waals surface area contributed by atoms with E-state index in [2.05, 4.69) is 93.4 Å². The van der Waals surface area contributed by atoms with Crippen molar-refractivity contribution in [2.75, 3.05) is 6.54 Å². The predicted octanol–water partition coefficient (Wildman–Crippen LogP) is 9.04. The van der Waals surface area contributed by atoms with Gasteiger partial charge in [-0.1, -0.05) is 67.8 Å². The van der Waals surface area contributed by atoms with Crippen LogP contribution in [0.25, 0.3) is 55.1 Å². The normalized spacial score (nSPS) is 18.2. The molecular formula is C39H42N6O2. The number of alkyl carbamates (subject to hydrolysis) is 1. The highest BCUT2D eigenvalue weighted by atomic mass is 16.6. The summed E-state index contributed by atoms with van der Waals surface area (Å²) < 4.78 is 5.64. The first-order valence-corrected chi connectivity index (χ1v) is 17.0. The molecule has 2 aromatic heterocycles. The number of benzene rings is 4. The molecule has 4 aromatic carbocycles. The van der Waals surface area contributed by atoms with Crippen LogP contribution in [0.15, 0.2) is 72.8 Å². The van der Waals surface area contributed by atoms with Gasteiger partial charge in [-0.25, -0.2) is 14.8 Å². The highest BCUT2D eigenvalue weighted by molar-refractivity contribution is 6.05. The third kappa shape index (κ3) is 5.76. The Morgan fingerprint density at radius 3 is 2.26 bits per heavy atom. The lowest BCUT2D eigenvalue weighted by molar-refractivity contribution is 0.0412. The number of aromatic nitrogens is 4. The van der Waals surface area contributed by atoms with Crippen molar-refractivity contribution in [1.82, 2.24) is 30.6 Å². The number of hydrogen-bond donors (Lipinski definition) is 4. The molecule has 1 atom stereocenters. The maximum absolute atomic E-state index is 12.9. The van der Waals surface area contributed by atoms with Crippen LogP contribution in [0.4, 0.5) is 4.79 Å². The minimum absolute atomic E-state index is 0.320. The molecule has 1 aliphatic heterocycles. The second-order valence-corrected chi connectivity index (χ2v) is 14.3. The lowest BCUT2D eigenvalue weighted by atomic mass is 9.81. The minimum Gasteiger partial charge on any atom is -0.444 e. The molecule has 0 unspecified atom stereocenters. The van der Waals surface area contributed by atoms with Crippen molar-refractivity contribution >= 4 is 38.9 Å². The lowest BCUT2D eigenvalue weighted by Crippen LogP contribution is -2.49. The first-order chi connectivity index (χ1) is 22.7. The fraction of sp³-hybridized carbons (Fsp3) is 0.359. The van der Waals surface area contributed by atoms with E-state index in [0.717, 1.165) is 89.9 Å². The number of ether oxygens (including phenoxy) is 1. The number of hydrogen-bond acceptors (Lipinski definition) is 5. The van der Waals surface area contributed by atoms with Crippen molar-refractivity contribution < 1.29 is 9.53 Å². The van der Waals surface area contributed by atoms with Crippen LogP contribution >= 0.6 is 0 Å². The monoisotopic (exact) mass is 626 g/mol. The molecule has 47 heavy (non-hydrogen) atoms. The smallest absolute Gasteiger partial charge is 0.408 e. The molecule has 2 aliphatic rings. The number of rotatable bonds is 5. The summed E-state index contributed by atoms with van der Waals surface area (Å²) in [6.07, 6.45) is 6.82. The first-order valence-electron chi connectivity index (χ1n) is 17.0. The molecule has 8 nitrogen and oxygen atoms in total. The zero-order chi connectivity index (χ0) is 32.2. The number of amides is 1. The second kappa shape index (κ2) is 11.5. The Bertz CT molecular complexity index is 2090. The largest absolute Gasteiger partial charge is 0.444 e. The van der Waals surface area contributed by atoms with E-state index in [9.17, 15) is 4.79 Å². The summed E-state index contributed by atoms with van der Waals surface area (Å²) in [7, 11) is 0. The molecule has 6 aromatic rings. The molecule has 0 bridgehead atoms. The van der Waals surface area contributed by atoms with Gasteiger partial charge in [0, 0.05) is 5.39 Å². The summed E-state index contributed by atoms with van der Waals surface area (Å²) in [5.74, 6) is 1.85. The van der Waals surface area contributed by atoms with Gasteiger partial charge in [0.25, 0.3) is 0 Å². The van der Waals surface area contributed by atoms with Crippen LogP contribution in [0.3, 0.4) is 0 Å². The molecule has 1 saturated heterocycles.